The van der Waals surface area contributed by atoms with Crippen molar-refractivity contribution >= 4 is 27.3 Å². The van der Waals surface area contributed by atoms with Gasteiger partial charge >= 0.3 is 0 Å². The number of fused-ring (bicyclic) bond motifs is 1. The number of hydrogen-bond donors (Lipinski definition) is 0. The van der Waals surface area contributed by atoms with E-state index in [1.165, 1.54) is 0 Å². The van der Waals surface area contributed by atoms with Gasteiger partial charge in [-0.25, -0.2) is 0 Å². The van der Waals surface area contributed by atoms with Crippen molar-refractivity contribution in [2.75, 3.05) is 11.7 Å². The smallest absolute Gasteiger partial charge is 0.0948 e. The molecule has 0 bridgehead atoms. The average molecular weight is 319 g/mol. The highest BCUT2D eigenvalue weighted by Crippen LogP contribution is 2.42. The molecule has 1 saturated heterocycles. The molecule has 0 spiro atoms. The molecule has 3 rings (SSSR count). The van der Waals surface area contributed by atoms with Crippen molar-refractivity contribution in [2.24, 2.45) is 11.0 Å². The number of hydrazone groups is 1. The maximum atomic E-state index is 9.33. The number of benzene rings is 1. The Labute approximate surface area is 121 Å². The van der Waals surface area contributed by atoms with Gasteiger partial charge in [0, 0.05) is 11.0 Å². The molecule has 2 heterocycles. The minimum atomic E-state index is -0.262. The van der Waals surface area contributed by atoms with E-state index in [-0.39, 0.29) is 11.5 Å². The fourth-order valence-corrected chi connectivity index (χ4v) is 3.20. The molecular formula is C14H15BrN4. The molecule has 19 heavy (non-hydrogen) atoms. The SMILES string of the molecule is CC1=NN(c2ccc(Br)cc2)N2CC[C@@H](C#N)[C@]12C. The van der Waals surface area contributed by atoms with Crippen molar-refractivity contribution in [1.29, 1.82) is 5.26 Å². The fraction of sp³-hybridized carbons (Fsp3) is 0.429. The van der Waals surface area contributed by atoms with Crippen molar-refractivity contribution in [3.63, 3.8) is 0 Å². The first kappa shape index (κ1) is 12.6. The predicted octanol–water partition coefficient (Wildman–Crippen LogP) is 3.16. The van der Waals surface area contributed by atoms with Crippen LogP contribution in [0.3, 0.4) is 0 Å². The van der Waals surface area contributed by atoms with Crippen LogP contribution < -0.4 is 5.12 Å². The predicted molar refractivity (Wildman–Crippen MR) is 78.6 cm³/mol. The van der Waals surface area contributed by atoms with Gasteiger partial charge in [-0.1, -0.05) is 15.9 Å². The summed E-state index contributed by atoms with van der Waals surface area (Å²) in [6.07, 6.45) is 0.896. The third-order valence-electron chi connectivity index (χ3n) is 4.26. The molecule has 0 aromatic heterocycles. The van der Waals surface area contributed by atoms with Crippen molar-refractivity contribution < 1.29 is 0 Å². The Kier molecular flexibility index (Phi) is 2.88. The zero-order chi connectivity index (χ0) is 13.6. The summed E-state index contributed by atoms with van der Waals surface area (Å²) in [5, 5.41) is 18.1. The van der Waals surface area contributed by atoms with Gasteiger partial charge in [0.2, 0.25) is 0 Å². The summed E-state index contributed by atoms with van der Waals surface area (Å²) < 4.78 is 1.05. The second-order valence-electron chi connectivity index (χ2n) is 5.19. The maximum absolute atomic E-state index is 9.33. The Morgan fingerprint density at radius 2 is 2.11 bits per heavy atom. The van der Waals surface area contributed by atoms with Gasteiger partial charge in [0.25, 0.3) is 0 Å². The molecule has 5 heteroatoms. The lowest BCUT2D eigenvalue weighted by molar-refractivity contribution is 0.210. The van der Waals surface area contributed by atoms with Gasteiger partial charge in [-0.2, -0.15) is 20.5 Å². The van der Waals surface area contributed by atoms with Crippen LogP contribution in [0.4, 0.5) is 5.69 Å². The van der Waals surface area contributed by atoms with Crippen molar-refractivity contribution in [3.8, 4) is 6.07 Å². The largest absolute Gasteiger partial charge is 0.198 e. The van der Waals surface area contributed by atoms with Crippen molar-refractivity contribution in [1.82, 2.24) is 5.01 Å². The van der Waals surface area contributed by atoms with E-state index in [1.807, 2.05) is 36.3 Å². The van der Waals surface area contributed by atoms with Crippen LogP contribution in [0.2, 0.25) is 0 Å². The van der Waals surface area contributed by atoms with Crippen LogP contribution in [0, 0.1) is 17.2 Å². The van der Waals surface area contributed by atoms with Gasteiger partial charge in [-0.3, -0.25) is 0 Å². The first-order chi connectivity index (χ1) is 9.07. The molecule has 2 aliphatic heterocycles. The summed E-state index contributed by atoms with van der Waals surface area (Å²) in [5.74, 6) is 0.0108. The van der Waals surface area contributed by atoms with E-state index >= 15 is 0 Å². The van der Waals surface area contributed by atoms with Crippen LogP contribution in [0.25, 0.3) is 0 Å². The van der Waals surface area contributed by atoms with E-state index in [1.54, 1.807) is 0 Å². The summed E-state index contributed by atoms with van der Waals surface area (Å²) in [5.41, 5.74) is 1.78. The molecule has 0 amide bonds. The van der Waals surface area contributed by atoms with E-state index in [9.17, 15) is 5.26 Å². The normalized spacial score (nSPS) is 30.1. The number of hydrazine groups is 1. The third-order valence-corrected chi connectivity index (χ3v) is 4.79. The van der Waals surface area contributed by atoms with Crippen LogP contribution in [-0.4, -0.2) is 22.8 Å². The Morgan fingerprint density at radius 3 is 2.74 bits per heavy atom. The third kappa shape index (κ3) is 1.71. The summed E-state index contributed by atoms with van der Waals surface area (Å²) in [6, 6.07) is 10.5. The van der Waals surface area contributed by atoms with Crippen LogP contribution in [0.1, 0.15) is 20.3 Å². The average Bonchev–Trinajstić information content (AvgIpc) is 2.86. The van der Waals surface area contributed by atoms with Crippen molar-refractivity contribution in [2.45, 2.75) is 25.8 Å². The van der Waals surface area contributed by atoms with Crippen LogP contribution in [0.15, 0.2) is 33.8 Å². The van der Waals surface area contributed by atoms with Crippen LogP contribution in [0.5, 0.6) is 0 Å². The quantitative estimate of drug-likeness (QED) is 0.798. The topological polar surface area (TPSA) is 42.6 Å². The number of anilines is 1. The molecule has 4 nitrogen and oxygen atoms in total. The van der Waals surface area contributed by atoms with E-state index in [4.69, 9.17) is 0 Å². The van der Waals surface area contributed by atoms with Gasteiger partial charge in [0.15, 0.2) is 0 Å². The molecule has 1 fully saturated rings. The number of nitriles is 1. The van der Waals surface area contributed by atoms with Gasteiger partial charge in [0.05, 0.1) is 28.9 Å². The van der Waals surface area contributed by atoms with Gasteiger partial charge < -0.3 is 0 Å². The standard InChI is InChI=1S/C14H15BrN4/c1-10-14(2)11(9-16)7-8-18(14)19(17-10)13-5-3-12(15)4-6-13/h3-6,11H,7-8H2,1-2H3/t11-,14-/m0/s1. The first-order valence-electron chi connectivity index (χ1n) is 6.36. The molecule has 2 atom stereocenters. The van der Waals surface area contributed by atoms with Gasteiger partial charge in [-0.05, 0) is 44.5 Å². The molecule has 0 radical (unpaired) electrons. The zero-order valence-corrected chi connectivity index (χ0v) is 12.6. The molecule has 2 aliphatic rings. The zero-order valence-electron chi connectivity index (χ0n) is 11.0. The van der Waals surface area contributed by atoms with Crippen LogP contribution >= 0.6 is 15.9 Å². The Morgan fingerprint density at radius 1 is 1.42 bits per heavy atom. The van der Waals surface area contributed by atoms with E-state index in [0.717, 1.165) is 28.8 Å². The second-order valence-corrected chi connectivity index (χ2v) is 6.11. The Hall–Kier alpha value is -1.38. The maximum Gasteiger partial charge on any atom is 0.0948 e. The number of nitrogens with zero attached hydrogens (tertiary/aromatic N) is 4. The summed E-state index contributed by atoms with van der Waals surface area (Å²) >= 11 is 3.44. The fourth-order valence-electron chi connectivity index (χ4n) is 2.93. The summed E-state index contributed by atoms with van der Waals surface area (Å²) in [6.45, 7) is 5.00. The first-order valence-corrected chi connectivity index (χ1v) is 7.15. The van der Waals surface area contributed by atoms with Gasteiger partial charge in [0.1, 0.15) is 0 Å². The van der Waals surface area contributed by atoms with Crippen molar-refractivity contribution in [3.05, 3.63) is 28.7 Å². The number of halogens is 1. The number of rotatable bonds is 1. The van der Waals surface area contributed by atoms with E-state index < -0.39 is 0 Å². The highest BCUT2D eigenvalue weighted by molar-refractivity contribution is 9.10. The molecular weight excluding hydrogens is 304 g/mol. The Bertz CT molecular complexity index is 574. The highest BCUT2D eigenvalue weighted by atomic mass is 79.9. The summed E-state index contributed by atoms with van der Waals surface area (Å²) in [7, 11) is 0. The monoisotopic (exact) mass is 318 g/mol. The van der Waals surface area contributed by atoms with Gasteiger partial charge in [-0.15, -0.1) is 0 Å². The summed E-state index contributed by atoms with van der Waals surface area (Å²) in [4.78, 5) is 0. The Balaban J connectivity index is 1.99. The lowest BCUT2D eigenvalue weighted by Gasteiger charge is -2.34. The lowest BCUT2D eigenvalue weighted by atomic mass is 9.85. The molecule has 0 saturated carbocycles. The highest BCUT2D eigenvalue weighted by Gasteiger charge is 2.54. The number of hydrogen-bond acceptors (Lipinski definition) is 4. The van der Waals surface area contributed by atoms with E-state index in [2.05, 4.69) is 39.0 Å². The lowest BCUT2D eigenvalue weighted by Crippen LogP contribution is -2.50. The second kappa shape index (κ2) is 4.32. The molecule has 1 aromatic rings. The minimum absolute atomic E-state index is 0.0108. The molecule has 0 N–H and O–H groups in total. The molecule has 0 aliphatic carbocycles. The molecule has 1 aromatic carbocycles. The molecule has 98 valence electrons. The van der Waals surface area contributed by atoms with E-state index in [0.29, 0.717) is 0 Å². The molecule has 0 unspecified atom stereocenters. The minimum Gasteiger partial charge on any atom is -0.198 e. The van der Waals surface area contributed by atoms with Crippen LogP contribution in [-0.2, 0) is 0 Å².